The van der Waals surface area contributed by atoms with Gasteiger partial charge in [0.05, 0.1) is 11.7 Å². The van der Waals surface area contributed by atoms with Gasteiger partial charge in [-0.1, -0.05) is 19.9 Å². The predicted octanol–water partition coefficient (Wildman–Crippen LogP) is 3.21. The van der Waals surface area contributed by atoms with E-state index in [-0.39, 0.29) is 0 Å². The van der Waals surface area contributed by atoms with Gasteiger partial charge in [-0.05, 0) is 31.5 Å². The van der Waals surface area contributed by atoms with Crippen LogP contribution in [0.25, 0.3) is 0 Å². The van der Waals surface area contributed by atoms with Crippen molar-refractivity contribution >= 4 is 5.69 Å². The number of fused-ring (bicyclic) bond motifs is 1. The lowest BCUT2D eigenvalue weighted by Gasteiger charge is -2.24. The van der Waals surface area contributed by atoms with Crippen molar-refractivity contribution in [2.24, 2.45) is 0 Å². The summed E-state index contributed by atoms with van der Waals surface area (Å²) in [7, 11) is 0. The molecule has 2 nitrogen and oxygen atoms in total. The Morgan fingerprint density at radius 2 is 2.07 bits per heavy atom. The molecule has 0 amide bonds. The Bertz CT molecular complexity index is 296. The molecule has 0 saturated carbocycles. The Hall–Kier alpha value is -1.18. The number of nitrogens with one attached hydrogen (secondary N) is 1. The van der Waals surface area contributed by atoms with Crippen LogP contribution >= 0.6 is 0 Å². The lowest BCUT2D eigenvalue weighted by molar-refractivity contribution is 0.292. The molecule has 1 heterocycles. The normalized spacial score (nSPS) is 18.1. The van der Waals surface area contributed by atoms with E-state index in [0.29, 0.717) is 6.04 Å². The van der Waals surface area contributed by atoms with Gasteiger partial charge in [-0.25, -0.2) is 0 Å². The van der Waals surface area contributed by atoms with E-state index in [9.17, 15) is 0 Å². The first-order valence-corrected chi connectivity index (χ1v) is 5.26. The first-order chi connectivity index (χ1) is 6.75. The van der Waals surface area contributed by atoms with Crippen LogP contribution in [0.4, 0.5) is 5.69 Å². The molecule has 0 spiro atoms. The summed E-state index contributed by atoms with van der Waals surface area (Å²) in [5.41, 5.74) is 2.38. The maximum Gasteiger partial charge on any atom is 0.142 e. The molecule has 0 aliphatic carbocycles. The smallest absolute Gasteiger partial charge is 0.142 e. The van der Waals surface area contributed by atoms with Crippen LogP contribution in [0.2, 0.25) is 0 Å². The number of ether oxygens (including phenoxy) is 1. The molecular weight excluding hydrogens is 174 g/mol. The topological polar surface area (TPSA) is 21.3 Å². The van der Waals surface area contributed by atoms with E-state index in [1.807, 2.05) is 19.9 Å². The van der Waals surface area contributed by atoms with E-state index in [4.69, 9.17) is 4.74 Å². The molecule has 1 unspecified atom stereocenters. The molecular formula is C12H19NO. The standard InChI is InChI=1S/C10H13NO.C2H6/c1-7-3-4-10-9(5-7)11-8(2)6-12-10;1-2/h3-5,8,11H,6H2,1-2H3;1-2H3. The zero-order valence-electron chi connectivity index (χ0n) is 9.42. The van der Waals surface area contributed by atoms with Crippen LogP contribution in [0, 0.1) is 6.92 Å². The lowest BCUT2D eigenvalue weighted by Crippen LogP contribution is -2.28. The number of hydrogen-bond donors (Lipinski definition) is 1. The summed E-state index contributed by atoms with van der Waals surface area (Å²) in [4.78, 5) is 0. The van der Waals surface area contributed by atoms with Crippen LogP contribution < -0.4 is 10.1 Å². The summed E-state index contributed by atoms with van der Waals surface area (Å²) >= 11 is 0. The highest BCUT2D eigenvalue weighted by molar-refractivity contribution is 5.59. The predicted molar refractivity (Wildman–Crippen MR) is 61.1 cm³/mol. The summed E-state index contributed by atoms with van der Waals surface area (Å²) in [5.74, 6) is 0.971. The van der Waals surface area contributed by atoms with Crippen molar-refractivity contribution in [3.63, 3.8) is 0 Å². The van der Waals surface area contributed by atoms with Gasteiger partial charge >= 0.3 is 0 Å². The third-order valence-corrected chi connectivity index (χ3v) is 2.03. The Balaban J connectivity index is 0.000000461. The largest absolute Gasteiger partial charge is 0.489 e. The number of hydrogen-bond acceptors (Lipinski definition) is 2. The van der Waals surface area contributed by atoms with Crippen molar-refractivity contribution < 1.29 is 4.74 Å². The van der Waals surface area contributed by atoms with Gasteiger partial charge in [0.2, 0.25) is 0 Å². The van der Waals surface area contributed by atoms with E-state index in [1.165, 1.54) is 5.56 Å². The van der Waals surface area contributed by atoms with E-state index < -0.39 is 0 Å². The third kappa shape index (κ3) is 2.41. The molecule has 78 valence electrons. The summed E-state index contributed by atoms with van der Waals surface area (Å²) in [6.07, 6.45) is 0. The molecule has 2 rings (SSSR count). The third-order valence-electron chi connectivity index (χ3n) is 2.03. The zero-order valence-corrected chi connectivity index (χ0v) is 9.42. The monoisotopic (exact) mass is 193 g/mol. The van der Waals surface area contributed by atoms with Gasteiger partial charge < -0.3 is 10.1 Å². The molecule has 1 atom stereocenters. The second kappa shape index (κ2) is 4.89. The minimum atomic E-state index is 0.416. The summed E-state index contributed by atoms with van der Waals surface area (Å²) in [6, 6.07) is 6.62. The fourth-order valence-electron chi connectivity index (χ4n) is 1.40. The SMILES string of the molecule is CC.Cc1ccc2c(c1)NC(C)CO2. The number of rotatable bonds is 0. The van der Waals surface area contributed by atoms with Gasteiger partial charge in [-0.3, -0.25) is 0 Å². The molecule has 0 bridgehead atoms. The molecule has 0 radical (unpaired) electrons. The van der Waals surface area contributed by atoms with Crippen molar-refractivity contribution in [3.8, 4) is 5.75 Å². The van der Waals surface area contributed by atoms with Gasteiger partial charge in [0.15, 0.2) is 0 Å². The van der Waals surface area contributed by atoms with Crippen LogP contribution in [-0.4, -0.2) is 12.6 Å². The zero-order chi connectivity index (χ0) is 10.6. The van der Waals surface area contributed by atoms with Gasteiger partial charge in [0.1, 0.15) is 12.4 Å². The fraction of sp³-hybridized carbons (Fsp3) is 0.500. The van der Waals surface area contributed by atoms with E-state index in [0.717, 1.165) is 18.0 Å². The molecule has 1 aromatic carbocycles. The highest BCUT2D eigenvalue weighted by atomic mass is 16.5. The van der Waals surface area contributed by atoms with Crippen molar-refractivity contribution in [2.45, 2.75) is 33.7 Å². The first kappa shape index (κ1) is 10.9. The minimum absolute atomic E-state index is 0.416. The van der Waals surface area contributed by atoms with Crippen molar-refractivity contribution in [3.05, 3.63) is 23.8 Å². The average Bonchev–Trinajstić information content (AvgIpc) is 2.20. The summed E-state index contributed by atoms with van der Waals surface area (Å²) in [5, 5.41) is 3.38. The highest BCUT2D eigenvalue weighted by Crippen LogP contribution is 2.29. The molecule has 1 aliphatic heterocycles. The maximum atomic E-state index is 5.53. The van der Waals surface area contributed by atoms with Crippen molar-refractivity contribution in [1.82, 2.24) is 0 Å². The second-order valence-electron chi connectivity index (χ2n) is 3.36. The molecule has 14 heavy (non-hydrogen) atoms. The molecule has 1 aliphatic rings. The van der Waals surface area contributed by atoms with Gasteiger partial charge in [-0.15, -0.1) is 0 Å². The summed E-state index contributed by atoms with van der Waals surface area (Å²) < 4.78 is 5.53. The molecule has 0 aromatic heterocycles. The van der Waals surface area contributed by atoms with Gasteiger partial charge in [0.25, 0.3) is 0 Å². The average molecular weight is 193 g/mol. The quantitative estimate of drug-likeness (QED) is 0.683. The van der Waals surface area contributed by atoms with Crippen LogP contribution in [-0.2, 0) is 0 Å². The number of anilines is 1. The number of benzene rings is 1. The van der Waals surface area contributed by atoms with Crippen LogP contribution in [0.5, 0.6) is 5.75 Å². The molecule has 1 aromatic rings. The van der Waals surface area contributed by atoms with Crippen LogP contribution in [0.1, 0.15) is 26.3 Å². The Labute approximate surface area is 86.3 Å². The Morgan fingerprint density at radius 1 is 1.36 bits per heavy atom. The van der Waals surface area contributed by atoms with Crippen LogP contribution in [0.15, 0.2) is 18.2 Å². The first-order valence-electron chi connectivity index (χ1n) is 5.26. The van der Waals surface area contributed by atoms with E-state index >= 15 is 0 Å². The Kier molecular flexibility index (Phi) is 3.81. The minimum Gasteiger partial charge on any atom is -0.489 e. The number of aryl methyl sites for hydroxylation is 1. The van der Waals surface area contributed by atoms with E-state index in [1.54, 1.807) is 0 Å². The maximum absolute atomic E-state index is 5.53. The van der Waals surface area contributed by atoms with Crippen molar-refractivity contribution in [1.29, 1.82) is 0 Å². The molecule has 0 saturated heterocycles. The Morgan fingerprint density at radius 3 is 2.79 bits per heavy atom. The van der Waals surface area contributed by atoms with Crippen LogP contribution in [0.3, 0.4) is 0 Å². The fourth-order valence-corrected chi connectivity index (χ4v) is 1.40. The summed E-state index contributed by atoms with van der Waals surface area (Å²) in [6.45, 7) is 8.96. The van der Waals surface area contributed by atoms with Gasteiger partial charge in [-0.2, -0.15) is 0 Å². The molecule has 0 fully saturated rings. The lowest BCUT2D eigenvalue weighted by atomic mass is 10.1. The highest BCUT2D eigenvalue weighted by Gasteiger charge is 2.13. The second-order valence-corrected chi connectivity index (χ2v) is 3.36. The molecule has 2 heteroatoms. The van der Waals surface area contributed by atoms with E-state index in [2.05, 4.69) is 31.3 Å². The molecule has 1 N–H and O–H groups in total. The van der Waals surface area contributed by atoms with Crippen molar-refractivity contribution in [2.75, 3.05) is 11.9 Å². The van der Waals surface area contributed by atoms with Gasteiger partial charge in [0, 0.05) is 0 Å².